The Hall–Kier alpha value is -2.13. The van der Waals surface area contributed by atoms with Crippen molar-refractivity contribution in [3.8, 4) is 16.9 Å². The van der Waals surface area contributed by atoms with E-state index in [0.29, 0.717) is 16.5 Å². The molecule has 0 spiro atoms. The molecule has 1 aromatic heterocycles. The fraction of sp³-hybridized carbons (Fsp3) is 0. The van der Waals surface area contributed by atoms with Crippen molar-refractivity contribution in [1.29, 1.82) is 0 Å². The van der Waals surface area contributed by atoms with E-state index < -0.39 is 0 Å². The second-order valence-electron chi connectivity index (χ2n) is 4.08. The van der Waals surface area contributed by atoms with Crippen LogP contribution in [0.4, 0.5) is 4.39 Å². The van der Waals surface area contributed by atoms with Gasteiger partial charge in [0.25, 0.3) is 0 Å². The first-order chi connectivity index (χ1) is 9.25. The van der Waals surface area contributed by atoms with E-state index in [4.69, 9.17) is 11.6 Å². The number of halogens is 2. The number of benzene rings is 2. The predicted octanol–water partition coefficient (Wildman–Crippen LogP) is 4.33. The molecule has 0 saturated heterocycles. The second kappa shape index (κ2) is 4.86. The van der Waals surface area contributed by atoms with Gasteiger partial charge in [0.05, 0.1) is 5.69 Å². The van der Waals surface area contributed by atoms with E-state index in [-0.39, 0.29) is 5.82 Å². The molecule has 0 fully saturated rings. The highest BCUT2D eigenvalue weighted by Gasteiger charge is 2.11. The van der Waals surface area contributed by atoms with Gasteiger partial charge in [0.15, 0.2) is 0 Å². The van der Waals surface area contributed by atoms with Gasteiger partial charge in [-0.25, -0.2) is 9.07 Å². The summed E-state index contributed by atoms with van der Waals surface area (Å²) in [6.45, 7) is 0. The zero-order valence-electron chi connectivity index (χ0n) is 9.92. The molecule has 19 heavy (non-hydrogen) atoms. The monoisotopic (exact) mass is 272 g/mol. The average molecular weight is 273 g/mol. The number of nitrogens with zero attached hydrogens (tertiary/aromatic N) is 2. The van der Waals surface area contributed by atoms with Crippen molar-refractivity contribution in [1.82, 2.24) is 9.78 Å². The van der Waals surface area contributed by atoms with Gasteiger partial charge in [-0.2, -0.15) is 5.10 Å². The van der Waals surface area contributed by atoms with Gasteiger partial charge in [-0.05, 0) is 12.1 Å². The van der Waals surface area contributed by atoms with Crippen molar-refractivity contribution in [2.75, 3.05) is 0 Å². The van der Waals surface area contributed by atoms with Crippen LogP contribution in [0.15, 0.2) is 60.7 Å². The van der Waals surface area contributed by atoms with Gasteiger partial charge in [0, 0.05) is 11.6 Å². The van der Waals surface area contributed by atoms with Crippen LogP contribution in [-0.2, 0) is 0 Å². The minimum absolute atomic E-state index is 0.342. The largest absolute Gasteiger partial charge is 0.219 e. The first kappa shape index (κ1) is 11.9. The summed E-state index contributed by atoms with van der Waals surface area (Å²) in [4.78, 5) is 0. The molecule has 0 aliphatic carbocycles. The fourth-order valence-corrected chi connectivity index (χ4v) is 2.13. The number of hydrogen-bond acceptors (Lipinski definition) is 1. The Balaban J connectivity index is 2.11. The van der Waals surface area contributed by atoms with Crippen LogP contribution in [0.1, 0.15) is 0 Å². The lowest BCUT2D eigenvalue weighted by molar-refractivity contribution is 0.611. The second-order valence-corrected chi connectivity index (χ2v) is 4.47. The van der Waals surface area contributed by atoms with Crippen molar-refractivity contribution >= 4 is 11.6 Å². The van der Waals surface area contributed by atoms with Crippen molar-refractivity contribution in [3.63, 3.8) is 0 Å². The first-order valence-electron chi connectivity index (χ1n) is 5.81. The number of rotatable bonds is 2. The molecule has 0 N–H and O–H groups in total. The third-order valence-electron chi connectivity index (χ3n) is 2.82. The lowest BCUT2D eigenvalue weighted by Gasteiger charge is -2.03. The van der Waals surface area contributed by atoms with Crippen LogP contribution >= 0.6 is 11.6 Å². The third-order valence-corrected chi connectivity index (χ3v) is 3.09. The highest BCUT2D eigenvalue weighted by atomic mass is 35.5. The lowest BCUT2D eigenvalue weighted by Crippen LogP contribution is -1.99. The molecule has 2 nitrogen and oxygen atoms in total. The van der Waals surface area contributed by atoms with Crippen molar-refractivity contribution in [2.24, 2.45) is 0 Å². The SMILES string of the molecule is Fc1ccccc1-n1nc(-c2ccccc2)cc1Cl. The molecule has 0 saturated carbocycles. The van der Waals surface area contributed by atoms with Gasteiger partial charge in [-0.3, -0.25) is 0 Å². The van der Waals surface area contributed by atoms with Gasteiger partial charge in [0.2, 0.25) is 0 Å². The molecule has 0 unspecified atom stereocenters. The van der Waals surface area contributed by atoms with E-state index in [1.54, 1.807) is 24.3 Å². The topological polar surface area (TPSA) is 17.8 Å². The van der Waals surface area contributed by atoms with Crippen LogP contribution in [0, 0.1) is 5.82 Å². The molecule has 3 aromatic rings. The molecule has 94 valence electrons. The smallest absolute Gasteiger partial charge is 0.148 e. The molecule has 0 bridgehead atoms. The van der Waals surface area contributed by atoms with E-state index in [2.05, 4.69) is 5.10 Å². The number of hydrogen-bond donors (Lipinski definition) is 0. The van der Waals surface area contributed by atoms with E-state index >= 15 is 0 Å². The molecule has 0 aliphatic rings. The molecule has 0 aliphatic heterocycles. The van der Waals surface area contributed by atoms with Crippen LogP contribution < -0.4 is 0 Å². The van der Waals surface area contributed by atoms with Gasteiger partial charge < -0.3 is 0 Å². The van der Waals surface area contributed by atoms with Crippen molar-refractivity contribution in [2.45, 2.75) is 0 Å². The molecular weight excluding hydrogens is 263 g/mol. The molecule has 1 heterocycles. The molecular formula is C15H10ClFN2. The number of aromatic nitrogens is 2. The standard InChI is InChI=1S/C15H10ClFN2/c16-15-10-13(11-6-2-1-3-7-11)18-19(15)14-9-5-4-8-12(14)17/h1-10H. The minimum atomic E-state index is -0.355. The summed E-state index contributed by atoms with van der Waals surface area (Å²) in [5, 5.41) is 4.73. The molecule has 3 rings (SSSR count). The maximum Gasteiger partial charge on any atom is 0.148 e. The van der Waals surface area contributed by atoms with E-state index in [9.17, 15) is 4.39 Å². The quantitative estimate of drug-likeness (QED) is 0.679. The first-order valence-corrected chi connectivity index (χ1v) is 6.19. The summed E-state index contributed by atoms with van der Waals surface area (Å²) in [5.74, 6) is -0.355. The summed E-state index contributed by atoms with van der Waals surface area (Å²) < 4.78 is 15.1. The van der Waals surface area contributed by atoms with Crippen LogP contribution in [0.3, 0.4) is 0 Å². The normalized spacial score (nSPS) is 10.6. The summed E-state index contributed by atoms with van der Waals surface area (Å²) >= 11 is 6.14. The summed E-state index contributed by atoms with van der Waals surface area (Å²) in [6, 6.07) is 17.8. The van der Waals surface area contributed by atoms with E-state index in [0.717, 1.165) is 5.56 Å². The molecule has 0 radical (unpaired) electrons. The Labute approximate surface area is 115 Å². The van der Waals surface area contributed by atoms with Crippen LogP contribution in [0.5, 0.6) is 0 Å². The average Bonchev–Trinajstić information content (AvgIpc) is 2.82. The van der Waals surface area contributed by atoms with Crippen molar-refractivity contribution < 1.29 is 4.39 Å². The van der Waals surface area contributed by atoms with Gasteiger partial charge in [-0.1, -0.05) is 54.1 Å². The number of para-hydroxylation sites is 1. The zero-order valence-corrected chi connectivity index (χ0v) is 10.7. The molecule has 2 aromatic carbocycles. The van der Waals surface area contributed by atoms with Gasteiger partial charge >= 0.3 is 0 Å². The lowest BCUT2D eigenvalue weighted by atomic mass is 10.2. The van der Waals surface area contributed by atoms with Crippen LogP contribution in [-0.4, -0.2) is 9.78 Å². The van der Waals surface area contributed by atoms with Gasteiger partial charge in [-0.15, -0.1) is 0 Å². The zero-order chi connectivity index (χ0) is 13.2. The molecule has 0 atom stereocenters. The molecule has 4 heteroatoms. The van der Waals surface area contributed by atoms with Crippen LogP contribution in [0.25, 0.3) is 16.9 Å². The molecule has 0 amide bonds. The fourth-order valence-electron chi connectivity index (χ4n) is 1.90. The Morgan fingerprint density at radius 3 is 2.37 bits per heavy atom. The highest BCUT2D eigenvalue weighted by molar-refractivity contribution is 6.30. The highest BCUT2D eigenvalue weighted by Crippen LogP contribution is 2.25. The Bertz CT molecular complexity index is 707. The predicted molar refractivity (Wildman–Crippen MR) is 74.0 cm³/mol. The Morgan fingerprint density at radius 1 is 0.947 bits per heavy atom. The maximum atomic E-state index is 13.7. The Morgan fingerprint density at radius 2 is 1.63 bits per heavy atom. The summed E-state index contributed by atoms with van der Waals surface area (Å²) in [5.41, 5.74) is 2.00. The van der Waals surface area contributed by atoms with E-state index in [1.165, 1.54) is 10.7 Å². The summed E-state index contributed by atoms with van der Waals surface area (Å²) in [6.07, 6.45) is 0. The third kappa shape index (κ3) is 2.25. The van der Waals surface area contributed by atoms with E-state index in [1.807, 2.05) is 30.3 Å². The minimum Gasteiger partial charge on any atom is -0.219 e. The summed E-state index contributed by atoms with van der Waals surface area (Å²) in [7, 11) is 0. The maximum absolute atomic E-state index is 13.7. The van der Waals surface area contributed by atoms with Gasteiger partial charge in [0.1, 0.15) is 16.7 Å². The Kier molecular flexibility index (Phi) is 3.05. The van der Waals surface area contributed by atoms with Crippen LogP contribution in [0.2, 0.25) is 5.15 Å². The van der Waals surface area contributed by atoms with Crippen molar-refractivity contribution in [3.05, 3.63) is 71.6 Å².